The molecule has 0 aromatic carbocycles. The van der Waals surface area contributed by atoms with Gasteiger partial charge in [-0.1, -0.05) is 31.6 Å². The lowest BCUT2D eigenvalue weighted by molar-refractivity contribution is 0.737. The van der Waals surface area contributed by atoms with Crippen LogP contribution in [0.5, 0.6) is 0 Å². The minimum Gasteiger partial charge on any atom is -0.320 e. The van der Waals surface area contributed by atoms with Crippen molar-refractivity contribution in [3.8, 4) is 23.7 Å². The van der Waals surface area contributed by atoms with Crippen molar-refractivity contribution in [2.75, 3.05) is 6.54 Å². The highest BCUT2D eigenvalue weighted by atomic mass is 14.5. The average Bonchev–Trinajstić information content (AvgIpc) is 2.03. The highest BCUT2D eigenvalue weighted by Crippen LogP contribution is 1.96. The van der Waals surface area contributed by atoms with Gasteiger partial charge in [0.2, 0.25) is 0 Å². The second-order valence-corrected chi connectivity index (χ2v) is 2.26. The first-order valence-corrected chi connectivity index (χ1v) is 4.07. The Morgan fingerprint density at radius 1 is 1.09 bits per heavy atom. The summed E-state index contributed by atoms with van der Waals surface area (Å²) < 4.78 is 0. The van der Waals surface area contributed by atoms with Crippen molar-refractivity contribution in [2.24, 2.45) is 5.73 Å². The fraction of sp³-hybridized carbons (Fsp3) is 0.600. The molecule has 0 radical (unpaired) electrons. The summed E-state index contributed by atoms with van der Waals surface area (Å²) in [7, 11) is 0. The van der Waals surface area contributed by atoms with Crippen molar-refractivity contribution in [3.05, 3.63) is 0 Å². The molecular weight excluding hydrogens is 134 g/mol. The summed E-state index contributed by atoms with van der Waals surface area (Å²) in [5, 5.41) is 0. The molecule has 0 atom stereocenters. The quantitative estimate of drug-likeness (QED) is 0.478. The minimum atomic E-state index is 0.406. The van der Waals surface area contributed by atoms with Gasteiger partial charge in [0.1, 0.15) is 0 Å². The van der Waals surface area contributed by atoms with Gasteiger partial charge in [0.25, 0.3) is 0 Å². The van der Waals surface area contributed by atoms with Gasteiger partial charge in [0, 0.05) is 6.42 Å². The molecule has 60 valence electrons. The van der Waals surface area contributed by atoms with Crippen molar-refractivity contribution < 1.29 is 0 Å². The van der Waals surface area contributed by atoms with Crippen LogP contribution in [0.25, 0.3) is 0 Å². The highest BCUT2D eigenvalue weighted by molar-refractivity contribution is 5.25. The molecule has 0 aliphatic rings. The lowest BCUT2D eigenvalue weighted by Crippen LogP contribution is -1.92. The van der Waals surface area contributed by atoms with Crippen LogP contribution in [0.2, 0.25) is 0 Å². The Morgan fingerprint density at radius 3 is 2.45 bits per heavy atom. The lowest BCUT2D eigenvalue weighted by Gasteiger charge is -1.86. The average molecular weight is 149 g/mol. The van der Waals surface area contributed by atoms with Gasteiger partial charge in [0.05, 0.1) is 6.54 Å². The van der Waals surface area contributed by atoms with E-state index in [1.807, 2.05) is 0 Å². The molecule has 1 nitrogen and oxygen atoms in total. The van der Waals surface area contributed by atoms with Crippen LogP contribution in [-0.2, 0) is 0 Å². The zero-order chi connectivity index (χ0) is 8.36. The standard InChI is InChI=1S/C10H15N/c1-2-3-4-5-6-7-8-9-10-11/h2-5,10-11H2,1H3. The van der Waals surface area contributed by atoms with Crippen molar-refractivity contribution >= 4 is 0 Å². The van der Waals surface area contributed by atoms with Gasteiger partial charge in [-0.25, -0.2) is 0 Å². The predicted octanol–water partition coefficient (Wildman–Crippen LogP) is 1.53. The molecule has 11 heavy (non-hydrogen) atoms. The summed E-state index contributed by atoms with van der Waals surface area (Å²) in [6.45, 7) is 2.59. The van der Waals surface area contributed by atoms with E-state index in [0.717, 1.165) is 6.42 Å². The Hall–Kier alpha value is -0.920. The molecule has 0 bridgehead atoms. The second kappa shape index (κ2) is 9.08. The summed E-state index contributed by atoms with van der Waals surface area (Å²) in [5.41, 5.74) is 5.15. The molecule has 0 saturated carbocycles. The van der Waals surface area contributed by atoms with E-state index in [2.05, 4.69) is 30.6 Å². The molecule has 0 heterocycles. The molecule has 1 heteroatoms. The van der Waals surface area contributed by atoms with Crippen LogP contribution in [0.1, 0.15) is 32.6 Å². The Bertz CT molecular complexity index is 184. The molecular formula is C10H15N. The van der Waals surface area contributed by atoms with Crippen LogP contribution in [0.4, 0.5) is 0 Å². The number of nitrogens with two attached hydrogens (primary N) is 1. The third-order valence-corrected chi connectivity index (χ3v) is 1.25. The third-order valence-electron chi connectivity index (χ3n) is 1.25. The van der Waals surface area contributed by atoms with Gasteiger partial charge >= 0.3 is 0 Å². The largest absolute Gasteiger partial charge is 0.320 e. The molecule has 0 aromatic heterocycles. The number of hydrogen-bond acceptors (Lipinski definition) is 1. The van der Waals surface area contributed by atoms with Crippen LogP contribution in [0.15, 0.2) is 0 Å². The summed E-state index contributed by atoms with van der Waals surface area (Å²) >= 11 is 0. The van der Waals surface area contributed by atoms with Crippen LogP contribution >= 0.6 is 0 Å². The van der Waals surface area contributed by atoms with E-state index in [0.29, 0.717) is 6.54 Å². The van der Waals surface area contributed by atoms with Gasteiger partial charge in [-0.2, -0.15) is 0 Å². The van der Waals surface area contributed by atoms with E-state index < -0.39 is 0 Å². The molecule has 0 aliphatic carbocycles. The van der Waals surface area contributed by atoms with Crippen LogP contribution in [-0.4, -0.2) is 6.54 Å². The Kier molecular flexibility index (Phi) is 8.32. The molecule has 0 aliphatic heterocycles. The summed E-state index contributed by atoms with van der Waals surface area (Å²) in [6.07, 6.45) is 4.66. The van der Waals surface area contributed by atoms with Gasteiger partial charge in [-0.3, -0.25) is 0 Å². The van der Waals surface area contributed by atoms with E-state index in [1.165, 1.54) is 19.3 Å². The van der Waals surface area contributed by atoms with Gasteiger partial charge in [0.15, 0.2) is 0 Å². The van der Waals surface area contributed by atoms with Crippen molar-refractivity contribution in [1.82, 2.24) is 0 Å². The van der Waals surface area contributed by atoms with E-state index in [4.69, 9.17) is 5.73 Å². The maximum Gasteiger partial charge on any atom is 0.0561 e. The topological polar surface area (TPSA) is 26.0 Å². The Balaban J connectivity index is 3.26. The molecule has 0 fully saturated rings. The monoisotopic (exact) mass is 149 g/mol. The first-order chi connectivity index (χ1) is 5.41. The fourth-order valence-electron chi connectivity index (χ4n) is 0.665. The normalized spacial score (nSPS) is 7.45. The molecule has 0 aromatic rings. The van der Waals surface area contributed by atoms with Gasteiger partial charge in [-0.05, 0) is 18.3 Å². The zero-order valence-corrected chi connectivity index (χ0v) is 7.11. The molecule has 0 saturated heterocycles. The number of rotatable bonds is 3. The van der Waals surface area contributed by atoms with E-state index in [9.17, 15) is 0 Å². The van der Waals surface area contributed by atoms with Crippen LogP contribution < -0.4 is 5.73 Å². The Labute approximate surface area is 69.4 Å². The molecule has 0 rings (SSSR count). The van der Waals surface area contributed by atoms with Crippen LogP contribution in [0, 0.1) is 23.7 Å². The second-order valence-electron chi connectivity index (χ2n) is 2.26. The van der Waals surface area contributed by atoms with Crippen LogP contribution in [0.3, 0.4) is 0 Å². The molecule has 0 spiro atoms. The Morgan fingerprint density at radius 2 is 1.82 bits per heavy atom. The van der Waals surface area contributed by atoms with Gasteiger partial charge < -0.3 is 5.73 Å². The van der Waals surface area contributed by atoms with Gasteiger partial charge in [-0.15, -0.1) is 0 Å². The SMILES string of the molecule is CCCCCC#CC#CCN. The summed E-state index contributed by atoms with van der Waals surface area (Å²) in [4.78, 5) is 0. The molecule has 0 unspecified atom stereocenters. The lowest BCUT2D eigenvalue weighted by atomic mass is 10.2. The smallest absolute Gasteiger partial charge is 0.0561 e. The summed E-state index contributed by atoms with van der Waals surface area (Å²) in [6, 6.07) is 0. The van der Waals surface area contributed by atoms with E-state index >= 15 is 0 Å². The number of unbranched alkanes of at least 4 members (excludes halogenated alkanes) is 3. The third kappa shape index (κ3) is 9.08. The minimum absolute atomic E-state index is 0.406. The first kappa shape index (κ1) is 10.1. The first-order valence-electron chi connectivity index (χ1n) is 4.07. The van der Waals surface area contributed by atoms with Crippen molar-refractivity contribution in [3.63, 3.8) is 0 Å². The highest BCUT2D eigenvalue weighted by Gasteiger charge is 1.79. The zero-order valence-electron chi connectivity index (χ0n) is 7.11. The fourth-order valence-corrected chi connectivity index (χ4v) is 0.665. The van der Waals surface area contributed by atoms with E-state index in [1.54, 1.807) is 0 Å². The number of hydrogen-bond donors (Lipinski definition) is 1. The maximum atomic E-state index is 5.15. The van der Waals surface area contributed by atoms with E-state index in [-0.39, 0.29) is 0 Å². The van der Waals surface area contributed by atoms with Crippen molar-refractivity contribution in [1.29, 1.82) is 0 Å². The molecule has 2 N–H and O–H groups in total. The maximum absolute atomic E-state index is 5.15. The molecule has 0 amide bonds. The predicted molar refractivity (Wildman–Crippen MR) is 48.7 cm³/mol. The summed E-state index contributed by atoms with van der Waals surface area (Å²) in [5.74, 6) is 11.1. The van der Waals surface area contributed by atoms with Crippen molar-refractivity contribution in [2.45, 2.75) is 32.6 Å².